The first kappa shape index (κ1) is 23.3. The molecule has 2 saturated heterocycles. The van der Waals surface area contributed by atoms with Crippen LogP contribution in [0.25, 0.3) is 0 Å². The topological polar surface area (TPSA) is 210 Å². The summed E-state index contributed by atoms with van der Waals surface area (Å²) in [5, 5.41) is 49.1. The number of aliphatic carboxylic acids is 1. The lowest BCUT2D eigenvalue weighted by Crippen LogP contribution is -2.63. The molecular formula is C14H24O13S. The molecule has 0 aromatic carbocycles. The molecule has 0 saturated carbocycles. The van der Waals surface area contributed by atoms with E-state index in [-0.39, 0.29) is 0 Å². The van der Waals surface area contributed by atoms with Crippen molar-refractivity contribution in [1.29, 1.82) is 0 Å². The van der Waals surface area contributed by atoms with E-state index < -0.39 is 84.0 Å². The minimum atomic E-state index is -4.78. The number of ether oxygens (including phenoxy) is 3. The molecule has 2 aliphatic rings. The van der Waals surface area contributed by atoms with Gasteiger partial charge in [-0.05, 0) is 6.92 Å². The van der Waals surface area contributed by atoms with Crippen molar-refractivity contribution in [3.8, 4) is 0 Å². The zero-order valence-corrected chi connectivity index (χ0v) is 15.7. The minimum absolute atomic E-state index is 0.542. The van der Waals surface area contributed by atoms with Gasteiger partial charge in [-0.25, -0.2) is 8.98 Å². The van der Waals surface area contributed by atoms with Gasteiger partial charge in [-0.15, -0.1) is 0 Å². The smallest absolute Gasteiger partial charge is 0.397 e. The second-order valence-electron chi connectivity index (χ2n) is 6.78. The summed E-state index contributed by atoms with van der Waals surface area (Å²) in [4.78, 5) is 11.2. The summed E-state index contributed by atoms with van der Waals surface area (Å²) in [7, 11) is -4.78. The largest absolute Gasteiger partial charge is 0.479 e. The number of aliphatic hydroxyl groups is 4. The predicted molar refractivity (Wildman–Crippen MR) is 86.2 cm³/mol. The molecule has 0 amide bonds. The van der Waals surface area contributed by atoms with Gasteiger partial charge in [0.15, 0.2) is 12.4 Å². The fourth-order valence-electron chi connectivity index (χ4n) is 3.08. The maximum atomic E-state index is 11.2. The summed E-state index contributed by atoms with van der Waals surface area (Å²) in [6, 6.07) is 0. The lowest BCUT2D eigenvalue weighted by atomic mass is 9.88. The van der Waals surface area contributed by atoms with Crippen molar-refractivity contribution in [2.75, 3.05) is 6.61 Å². The van der Waals surface area contributed by atoms with Crippen LogP contribution in [0.5, 0.6) is 0 Å². The fourth-order valence-corrected chi connectivity index (χ4v) is 3.39. The molecule has 0 bridgehead atoms. The van der Waals surface area contributed by atoms with E-state index in [1.165, 1.54) is 0 Å². The number of aliphatic hydroxyl groups excluding tert-OH is 4. The molecule has 14 heteroatoms. The Morgan fingerprint density at radius 2 is 1.61 bits per heavy atom. The average molecular weight is 432 g/mol. The molecule has 13 nitrogen and oxygen atoms in total. The normalized spacial score (nSPS) is 45.0. The van der Waals surface area contributed by atoms with Crippen molar-refractivity contribution >= 4 is 16.4 Å². The summed E-state index contributed by atoms with van der Waals surface area (Å²) in [6.07, 6.45) is -13.7. The number of hydrogen-bond acceptors (Lipinski definition) is 11. The molecule has 28 heavy (non-hydrogen) atoms. The van der Waals surface area contributed by atoms with Crippen LogP contribution in [0.3, 0.4) is 0 Å². The van der Waals surface area contributed by atoms with Gasteiger partial charge in [0.1, 0.15) is 30.5 Å². The average Bonchev–Trinajstić information content (AvgIpc) is 2.59. The third kappa shape index (κ3) is 5.15. The molecular weight excluding hydrogens is 408 g/mol. The standard InChI is InChI=1S/C14H24O13S/c1-4-5(2)25-6(3-24-28(21,22)23)7(15)11(4)26-14-10(18)8(16)9(17)12(27-14)13(19)20/h4-12,14-18H,3H2,1-2H3,(H,19,20)(H,21,22,23)/t4-,5-,6?,7-,8?,9+,10+,11?,12?,14-/m1/s1. The van der Waals surface area contributed by atoms with Crippen LogP contribution < -0.4 is 0 Å². The van der Waals surface area contributed by atoms with Gasteiger partial charge in [0.05, 0.1) is 18.8 Å². The van der Waals surface area contributed by atoms with E-state index in [0.717, 1.165) is 0 Å². The van der Waals surface area contributed by atoms with E-state index in [1.54, 1.807) is 13.8 Å². The van der Waals surface area contributed by atoms with Crippen LogP contribution in [0.2, 0.25) is 0 Å². The first-order chi connectivity index (χ1) is 12.8. The number of carboxylic acids is 1. The third-order valence-corrected chi connectivity index (χ3v) is 5.29. The molecule has 0 aliphatic carbocycles. The highest BCUT2D eigenvalue weighted by atomic mass is 32.3. The van der Waals surface area contributed by atoms with Gasteiger partial charge in [-0.3, -0.25) is 4.55 Å². The van der Waals surface area contributed by atoms with Crippen molar-refractivity contribution in [2.24, 2.45) is 5.92 Å². The molecule has 0 radical (unpaired) electrons. The molecule has 4 unspecified atom stereocenters. The number of carboxylic acid groups (broad SMARTS) is 1. The van der Waals surface area contributed by atoms with E-state index in [2.05, 4.69) is 4.18 Å². The monoisotopic (exact) mass is 432 g/mol. The van der Waals surface area contributed by atoms with E-state index in [1.807, 2.05) is 0 Å². The van der Waals surface area contributed by atoms with Crippen molar-refractivity contribution in [3.63, 3.8) is 0 Å². The van der Waals surface area contributed by atoms with Crippen molar-refractivity contribution in [1.82, 2.24) is 0 Å². The predicted octanol–water partition coefficient (Wildman–Crippen LogP) is -3.13. The van der Waals surface area contributed by atoms with E-state index >= 15 is 0 Å². The molecule has 6 N–H and O–H groups in total. The SMILES string of the molecule is C[C@H]1OC(COS(=O)(=O)O)[C@@H](O)C(O[C@@H]2OC(C(=O)O)[C@@H](O)C(O)[C@@H]2O)[C@@H]1C. The summed E-state index contributed by atoms with van der Waals surface area (Å²) in [6.45, 7) is 2.46. The molecule has 2 rings (SSSR count). The third-order valence-electron chi connectivity index (χ3n) is 4.85. The second-order valence-corrected chi connectivity index (χ2v) is 7.87. The Bertz CT molecular complexity index is 654. The Morgan fingerprint density at radius 1 is 1.00 bits per heavy atom. The molecule has 0 aromatic heterocycles. The maximum Gasteiger partial charge on any atom is 0.397 e. The van der Waals surface area contributed by atoms with Crippen LogP contribution in [0.4, 0.5) is 0 Å². The van der Waals surface area contributed by atoms with Crippen LogP contribution in [0, 0.1) is 5.92 Å². The Kier molecular flexibility index (Phi) is 7.36. The van der Waals surface area contributed by atoms with Gasteiger partial charge in [0, 0.05) is 5.92 Å². The number of hydrogen-bond donors (Lipinski definition) is 6. The lowest BCUT2D eigenvalue weighted by molar-refractivity contribution is -0.329. The summed E-state index contributed by atoms with van der Waals surface area (Å²) < 4.78 is 50.3. The Labute approximate surface area is 160 Å². The van der Waals surface area contributed by atoms with Gasteiger partial charge in [0.2, 0.25) is 0 Å². The molecule has 2 aliphatic heterocycles. The van der Waals surface area contributed by atoms with Gasteiger partial charge in [0.25, 0.3) is 0 Å². The Morgan fingerprint density at radius 3 is 2.14 bits per heavy atom. The van der Waals surface area contributed by atoms with Crippen LogP contribution in [0.1, 0.15) is 13.8 Å². The number of carbonyl (C=O) groups is 1. The molecule has 2 fully saturated rings. The number of rotatable bonds is 6. The highest BCUT2D eigenvalue weighted by Crippen LogP contribution is 2.32. The van der Waals surface area contributed by atoms with Crippen LogP contribution in [0.15, 0.2) is 0 Å². The van der Waals surface area contributed by atoms with E-state index in [4.69, 9.17) is 23.9 Å². The lowest BCUT2D eigenvalue weighted by Gasteiger charge is -2.46. The van der Waals surface area contributed by atoms with Crippen LogP contribution >= 0.6 is 0 Å². The second kappa shape index (κ2) is 8.83. The van der Waals surface area contributed by atoms with E-state index in [0.29, 0.717) is 0 Å². The van der Waals surface area contributed by atoms with Crippen LogP contribution in [-0.2, 0) is 33.6 Å². The quantitative estimate of drug-likeness (QED) is 0.230. The molecule has 164 valence electrons. The van der Waals surface area contributed by atoms with Gasteiger partial charge < -0.3 is 39.7 Å². The molecule has 0 aromatic rings. The van der Waals surface area contributed by atoms with Gasteiger partial charge in [-0.2, -0.15) is 8.42 Å². The highest BCUT2D eigenvalue weighted by Gasteiger charge is 2.51. The fraction of sp³-hybridized carbons (Fsp3) is 0.929. The first-order valence-corrected chi connectivity index (χ1v) is 9.73. The molecule has 2 heterocycles. The first-order valence-electron chi connectivity index (χ1n) is 8.36. The van der Waals surface area contributed by atoms with Crippen molar-refractivity contribution in [3.05, 3.63) is 0 Å². The Hall–Kier alpha value is -0.940. The van der Waals surface area contributed by atoms with Crippen molar-refractivity contribution in [2.45, 2.75) is 69.0 Å². The van der Waals surface area contributed by atoms with Crippen molar-refractivity contribution < 1.29 is 61.7 Å². The van der Waals surface area contributed by atoms with Gasteiger partial charge >= 0.3 is 16.4 Å². The molecule has 10 atom stereocenters. The zero-order chi connectivity index (χ0) is 21.4. The zero-order valence-electron chi connectivity index (χ0n) is 14.9. The van der Waals surface area contributed by atoms with Gasteiger partial charge in [-0.1, -0.05) is 6.92 Å². The maximum absolute atomic E-state index is 11.2. The summed E-state index contributed by atoms with van der Waals surface area (Å²) in [5.41, 5.74) is 0. The summed E-state index contributed by atoms with van der Waals surface area (Å²) >= 11 is 0. The van der Waals surface area contributed by atoms with E-state index in [9.17, 15) is 33.6 Å². The minimum Gasteiger partial charge on any atom is -0.479 e. The van der Waals surface area contributed by atoms with Crippen LogP contribution in [-0.4, -0.2) is 106 Å². The summed E-state index contributed by atoms with van der Waals surface area (Å²) in [5.74, 6) is -2.14. The Balaban J connectivity index is 2.15. The molecule has 0 spiro atoms. The highest BCUT2D eigenvalue weighted by molar-refractivity contribution is 7.80.